The molecule has 1 aromatic carbocycles. The number of hydrogen-bond donors (Lipinski definition) is 1. The van der Waals surface area contributed by atoms with E-state index in [0.717, 1.165) is 0 Å². The summed E-state index contributed by atoms with van der Waals surface area (Å²) in [7, 11) is 1.59. The third-order valence-electron chi connectivity index (χ3n) is 2.45. The quantitative estimate of drug-likeness (QED) is 0.879. The molecule has 2 aromatic rings. The average molecular weight is 288 g/mol. The summed E-state index contributed by atoms with van der Waals surface area (Å²) in [5.41, 5.74) is 0.350. The molecule has 0 unspecified atom stereocenters. The molecule has 96 valence electrons. The lowest BCUT2D eigenvalue weighted by Crippen LogP contribution is -2.06. The number of ether oxygens (including phenoxy) is 1. The van der Waals surface area contributed by atoms with Crippen molar-refractivity contribution in [2.24, 2.45) is 0 Å². The van der Waals surface area contributed by atoms with E-state index in [9.17, 15) is 4.39 Å². The molecule has 18 heavy (non-hydrogen) atoms. The van der Waals surface area contributed by atoms with Crippen LogP contribution in [0.4, 0.5) is 4.39 Å². The number of nitrogens with zero attached hydrogens (tertiary/aromatic N) is 2. The Morgan fingerprint density at radius 1 is 1.56 bits per heavy atom. The van der Waals surface area contributed by atoms with E-state index in [0.29, 0.717) is 34.3 Å². The molecule has 4 nitrogen and oxygen atoms in total. The summed E-state index contributed by atoms with van der Waals surface area (Å²) >= 11 is 10.8. The fraction of sp³-hybridized carbons (Fsp3) is 0.273. The Balaban J connectivity index is 2.47. The first kappa shape index (κ1) is 13.2. The van der Waals surface area contributed by atoms with Gasteiger partial charge in [-0.1, -0.05) is 11.6 Å². The van der Waals surface area contributed by atoms with Crippen molar-refractivity contribution in [3.05, 3.63) is 33.8 Å². The van der Waals surface area contributed by atoms with Crippen molar-refractivity contribution in [2.45, 2.75) is 6.54 Å². The Morgan fingerprint density at radius 2 is 2.33 bits per heavy atom. The Hall–Kier alpha value is -1.24. The molecule has 0 saturated heterocycles. The third-order valence-corrected chi connectivity index (χ3v) is 3.00. The maximum atomic E-state index is 13.8. The van der Waals surface area contributed by atoms with E-state index in [1.165, 1.54) is 6.07 Å². The zero-order valence-electron chi connectivity index (χ0n) is 9.61. The predicted octanol–water partition coefficient (Wildman–Crippen LogP) is 3.05. The second-order valence-corrected chi connectivity index (χ2v) is 4.44. The van der Waals surface area contributed by atoms with Crippen molar-refractivity contribution in [1.29, 1.82) is 0 Å². The maximum Gasteiger partial charge on any atom is 0.195 e. The highest BCUT2D eigenvalue weighted by Gasteiger charge is 2.13. The number of H-pyrrole nitrogens is 1. The van der Waals surface area contributed by atoms with E-state index >= 15 is 0 Å². The molecule has 0 fully saturated rings. The van der Waals surface area contributed by atoms with Crippen LogP contribution in [0.3, 0.4) is 0 Å². The fourth-order valence-electron chi connectivity index (χ4n) is 1.58. The summed E-state index contributed by atoms with van der Waals surface area (Å²) in [5.74, 6) is 0.00128. The van der Waals surface area contributed by atoms with Crippen molar-refractivity contribution >= 4 is 23.8 Å². The van der Waals surface area contributed by atoms with Gasteiger partial charge in [-0.15, -0.1) is 0 Å². The first-order chi connectivity index (χ1) is 8.63. The monoisotopic (exact) mass is 287 g/mol. The number of nitrogens with one attached hydrogen (secondary N) is 1. The molecule has 1 aromatic heterocycles. The molecule has 0 atom stereocenters. The molecule has 0 bridgehead atoms. The lowest BCUT2D eigenvalue weighted by atomic mass is 10.2. The van der Waals surface area contributed by atoms with Gasteiger partial charge in [-0.25, -0.2) is 4.39 Å². The van der Waals surface area contributed by atoms with Gasteiger partial charge in [0.2, 0.25) is 0 Å². The summed E-state index contributed by atoms with van der Waals surface area (Å²) in [6.45, 7) is 0.972. The standard InChI is InChI=1S/C11H11ClFN3OS/c1-17-5-4-16-10(14-15-11(16)18)8-3-2-7(12)6-9(8)13/h2-3,6H,4-5H2,1H3,(H,15,18). The summed E-state index contributed by atoms with van der Waals surface area (Å²) in [6, 6.07) is 4.43. The molecular formula is C11H11ClFN3OS. The topological polar surface area (TPSA) is 42.8 Å². The molecule has 0 aliphatic heterocycles. The van der Waals surface area contributed by atoms with Gasteiger partial charge >= 0.3 is 0 Å². The minimum absolute atomic E-state index is 0.342. The highest BCUT2D eigenvalue weighted by Crippen LogP contribution is 2.23. The molecular weight excluding hydrogens is 277 g/mol. The fourth-order valence-corrected chi connectivity index (χ4v) is 1.97. The van der Waals surface area contributed by atoms with Crippen molar-refractivity contribution in [1.82, 2.24) is 14.8 Å². The number of rotatable bonds is 4. The minimum Gasteiger partial charge on any atom is -0.383 e. The molecule has 1 heterocycles. The predicted molar refractivity (Wildman–Crippen MR) is 69.7 cm³/mol. The highest BCUT2D eigenvalue weighted by molar-refractivity contribution is 7.71. The highest BCUT2D eigenvalue weighted by atomic mass is 35.5. The summed E-state index contributed by atoms with van der Waals surface area (Å²) in [4.78, 5) is 0. The van der Waals surface area contributed by atoms with Gasteiger partial charge in [-0.2, -0.15) is 5.10 Å². The van der Waals surface area contributed by atoms with Crippen LogP contribution in [0.15, 0.2) is 18.2 Å². The first-order valence-electron chi connectivity index (χ1n) is 5.23. The Labute approximate surface area is 113 Å². The smallest absolute Gasteiger partial charge is 0.195 e. The zero-order valence-corrected chi connectivity index (χ0v) is 11.2. The molecule has 0 amide bonds. The van der Waals surface area contributed by atoms with Gasteiger partial charge in [-0.05, 0) is 30.4 Å². The molecule has 0 radical (unpaired) electrons. The Bertz CT molecular complexity index is 611. The normalized spacial score (nSPS) is 10.8. The summed E-state index contributed by atoms with van der Waals surface area (Å²) < 4.78 is 20.9. The zero-order chi connectivity index (χ0) is 13.1. The second kappa shape index (κ2) is 5.60. The number of aromatic nitrogens is 3. The molecule has 0 aliphatic rings. The van der Waals surface area contributed by atoms with Gasteiger partial charge < -0.3 is 4.74 Å². The van der Waals surface area contributed by atoms with Crippen LogP contribution >= 0.6 is 23.8 Å². The van der Waals surface area contributed by atoms with Gasteiger partial charge in [0, 0.05) is 12.1 Å². The van der Waals surface area contributed by atoms with Crippen LogP contribution in [0, 0.1) is 10.6 Å². The molecule has 0 aliphatic carbocycles. The number of methoxy groups -OCH3 is 1. The van der Waals surface area contributed by atoms with E-state index in [4.69, 9.17) is 28.6 Å². The van der Waals surface area contributed by atoms with Gasteiger partial charge in [0.1, 0.15) is 5.82 Å². The molecule has 1 N–H and O–H groups in total. The van der Waals surface area contributed by atoms with Crippen molar-refractivity contribution in [2.75, 3.05) is 13.7 Å². The van der Waals surface area contributed by atoms with E-state index < -0.39 is 5.82 Å². The van der Waals surface area contributed by atoms with Crippen LogP contribution < -0.4 is 0 Å². The largest absolute Gasteiger partial charge is 0.383 e. The molecule has 0 saturated carbocycles. The number of benzene rings is 1. The van der Waals surface area contributed by atoms with Gasteiger partial charge in [-0.3, -0.25) is 9.67 Å². The minimum atomic E-state index is -0.435. The van der Waals surface area contributed by atoms with Crippen molar-refractivity contribution in [3.63, 3.8) is 0 Å². The van der Waals surface area contributed by atoms with Crippen LogP contribution in [0.5, 0.6) is 0 Å². The average Bonchev–Trinajstić information content (AvgIpc) is 2.68. The number of aromatic amines is 1. The lowest BCUT2D eigenvalue weighted by Gasteiger charge is -2.07. The first-order valence-corrected chi connectivity index (χ1v) is 6.01. The van der Waals surface area contributed by atoms with Crippen LogP contribution in [0.1, 0.15) is 0 Å². The molecule has 7 heteroatoms. The maximum absolute atomic E-state index is 13.8. The Kier molecular flexibility index (Phi) is 4.11. The van der Waals surface area contributed by atoms with Crippen LogP contribution in [-0.2, 0) is 11.3 Å². The van der Waals surface area contributed by atoms with E-state index in [2.05, 4.69) is 10.2 Å². The van der Waals surface area contributed by atoms with Gasteiger partial charge in [0.15, 0.2) is 10.6 Å². The number of halogens is 2. The van der Waals surface area contributed by atoms with Crippen LogP contribution in [0.25, 0.3) is 11.4 Å². The van der Waals surface area contributed by atoms with E-state index in [-0.39, 0.29) is 0 Å². The van der Waals surface area contributed by atoms with Gasteiger partial charge in [0.25, 0.3) is 0 Å². The van der Waals surface area contributed by atoms with Crippen LogP contribution in [0.2, 0.25) is 5.02 Å². The Morgan fingerprint density at radius 3 is 3.00 bits per heavy atom. The lowest BCUT2D eigenvalue weighted by molar-refractivity contribution is 0.187. The van der Waals surface area contributed by atoms with E-state index in [1.807, 2.05) is 0 Å². The molecule has 2 rings (SSSR count). The summed E-state index contributed by atoms with van der Waals surface area (Å²) in [6.07, 6.45) is 0. The number of hydrogen-bond acceptors (Lipinski definition) is 3. The van der Waals surface area contributed by atoms with E-state index in [1.54, 1.807) is 23.8 Å². The second-order valence-electron chi connectivity index (χ2n) is 3.62. The van der Waals surface area contributed by atoms with Crippen molar-refractivity contribution in [3.8, 4) is 11.4 Å². The third kappa shape index (κ3) is 2.60. The molecule has 0 spiro atoms. The van der Waals surface area contributed by atoms with Crippen LogP contribution in [-0.4, -0.2) is 28.5 Å². The summed E-state index contributed by atoms with van der Waals surface area (Å²) in [5, 5.41) is 7.03. The van der Waals surface area contributed by atoms with Crippen molar-refractivity contribution < 1.29 is 9.13 Å². The SMILES string of the molecule is COCCn1c(-c2ccc(Cl)cc2F)n[nH]c1=S. The van der Waals surface area contributed by atoms with Gasteiger partial charge in [0.05, 0.1) is 18.7 Å².